The Labute approximate surface area is 127 Å². The van der Waals surface area contributed by atoms with Crippen molar-refractivity contribution in [1.29, 1.82) is 0 Å². The third kappa shape index (κ3) is 2.95. The molecule has 0 spiro atoms. The summed E-state index contributed by atoms with van der Waals surface area (Å²) in [6.07, 6.45) is 0. The van der Waals surface area contributed by atoms with Crippen LogP contribution in [0.5, 0.6) is 0 Å². The quantitative estimate of drug-likeness (QED) is 0.582. The number of hydrogen-bond acceptors (Lipinski definition) is 0. The average molecular weight is 274 g/mol. The van der Waals surface area contributed by atoms with Crippen LogP contribution in [0.2, 0.25) is 0 Å². The summed E-state index contributed by atoms with van der Waals surface area (Å²) in [6, 6.07) is 11.2. The molecule has 0 aromatic heterocycles. The Morgan fingerprint density at radius 1 is 0.650 bits per heavy atom. The van der Waals surface area contributed by atoms with Gasteiger partial charge in [-0.25, -0.2) is 0 Å². The van der Waals surface area contributed by atoms with Gasteiger partial charge < -0.3 is 0 Å². The summed E-state index contributed by atoms with van der Waals surface area (Å²) in [5.41, 5.74) is 1.78. The average Bonchev–Trinajstić information content (AvgIpc) is 2.34. The van der Waals surface area contributed by atoms with Crippen LogP contribution < -0.4 is 0 Å². The van der Waals surface area contributed by atoms with Crippen LogP contribution >= 0.6 is 0 Å². The van der Waals surface area contributed by atoms with Gasteiger partial charge in [0.2, 0.25) is 0 Å². The van der Waals surface area contributed by atoms with Gasteiger partial charge in [0.1, 0.15) is 0 Å². The maximum absolute atomic E-state index is 2.41. The Bertz CT molecular complexity index is 368. The van der Waals surface area contributed by atoms with E-state index in [0.29, 0.717) is 29.6 Å². The van der Waals surface area contributed by atoms with Crippen LogP contribution in [0.25, 0.3) is 0 Å². The van der Waals surface area contributed by atoms with Gasteiger partial charge in [0.05, 0.1) is 0 Å². The number of rotatable bonds is 6. The summed E-state index contributed by atoms with van der Waals surface area (Å²) < 4.78 is 0. The summed E-state index contributed by atoms with van der Waals surface area (Å²) in [5, 5.41) is 0. The van der Waals surface area contributed by atoms with E-state index < -0.39 is 0 Å². The summed E-state index contributed by atoms with van der Waals surface area (Å²) in [7, 11) is 0. The Hall–Kier alpha value is -0.780. The van der Waals surface area contributed by atoms with Gasteiger partial charge in [-0.3, -0.25) is 0 Å². The monoisotopic (exact) mass is 274 g/mol. The first-order valence-electron chi connectivity index (χ1n) is 8.31. The second-order valence-corrected chi connectivity index (χ2v) is 7.62. The lowest BCUT2D eigenvalue weighted by molar-refractivity contribution is 0.0556. The van der Waals surface area contributed by atoms with E-state index in [2.05, 4.69) is 85.7 Å². The zero-order chi connectivity index (χ0) is 15.5. The summed E-state index contributed by atoms with van der Waals surface area (Å²) in [4.78, 5) is 0. The van der Waals surface area contributed by atoms with E-state index >= 15 is 0 Å². The lowest BCUT2D eigenvalue weighted by atomic mass is 9.52. The van der Waals surface area contributed by atoms with Crippen molar-refractivity contribution >= 4 is 0 Å². The highest BCUT2D eigenvalue weighted by Crippen LogP contribution is 2.51. The number of benzene rings is 1. The van der Waals surface area contributed by atoms with Crippen molar-refractivity contribution in [2.24, 2.45) is 29.6 Å². The van der Waals surface area contributed by atoms with Crippen molar-refractivity contribution in [1.82, 2.24) is 0 Å². The van der Waals surface area contributed by atoms with Gasteiger partial charge in [0.15, 0.2) is 0 Å². The number of hydrogen-bond donors (Lipinski definition) is 0. The molecule has 0 aliphatic rings. The molecule has 0 heterocycles. The molecule has 0 unspecified atom stereocenters. The minimum Gasteiger partial charge on any atom is -0.0625 e. The largest absolute Gasteiger partial charge is 0.0625 e. The van der Waals surface area contributed by atoms with Crippen LogP contribution in [0.4, 0.5) is 0 Å². The molecule has 0 atom stereocenters. The fraction of sp³-hybridized carbons (Fsp3) is 0.700. The lowest BCUT2D eigenvalue weighted by Crippen LogP contribution is -2.49. The van der Waals surface area contributed by atoms with E-state index in [0.717, 1.165) is 0 Å². The zero-order valence-corrected chi connectivity index (χ0v) is 14.8. The molecule has 0 heteroatoms. The van der Waals surface area contributed by atoms with Crippen molar-refractivity contribution < 1.29 is 0 Å². The van der Waals surface area contributed by atoms with Crippen molar-refractivity contribution in [3.05, 3.63) is 35.9 Å². The molecule has 1 aromatic carbocycles. The Kier molecular flexibility index (Phi) is 5.86. The highest BCUT2D eigenvalue weighted by molar-refractivity contribution is 5.29. The zero-order valence-electron chi connectivity index (χ0n) is 14.8. The van der Waals surface area contributed by atoms with Crippen LogP contribution in [-0.2, 0) is 5.41 Å². The van der Waals surface area contributed by atoms with Gasteiger partial charge in [0, 0.05) is 5.41 Å². The summed E-state index contributed by atoms with van der Waals surface area (Å²) in [5.74, 6) is 3.37. The molecule has 0 aliphatic carbocycles. The van der Waals surface area contributed by atoms with Crippen molar-refractivity contribution in [2.75, 3.05) is 0 Å². The molecule has 1 rings (SSSR count). The molecule has 0 amide bonds. The van der Waals surface area contributed by atoms with Crippen LogP contribution in [0, 0.1) is 29.6 Å². The smallest absolute Gasteiger partial charge is 0.00320 e. The van der Waals surface area contributed by atoms with Crippen molar-refractivity contribution in [2.45, 2.75) is 60.8 Å². The molecule has 0 aliphatic heterocycles. The highest BCUT2D eigenvalue weighted by atomic mass is 14.5. The molecule has 0 radical (unpaired) electrons. The maximum Gasteiger partial charge on any atom is 0.00320 e. The fourth-order valence-electron chi connectivity index (χ4n) is 4.90. The van der Waals surface area contributed by atoms with Gasteiger partial charge in [-0.2, -0.15) is 0 Å². The summed E-state index contributed by atoms with van der Waals surface area (Å²) in [6.45, 7) is 19.2. The highest BCUT2D eigenvalue weighted by Gasteiger charge is 2.47. The molecule has 0 fully saturated rings. The Balaban J connectivity index is 3.55. The molecule has 20 heavy (non-hydrogen) atoms. The molecule has 0 N–H and O–H groups in total. The predicted molar refractivity (Wildman–Crippen MR) is 91.0 cm³/mol. The van der Waals surface area contributed by atoms with Crippen molar-refractivity contribution in [3.8, 4) is 0 Å². The second-order valence-electron chi connectivity index (χ2n) is 7.62. The van der Waals surface area contributed by atoms with E-state index in [1.807, 2.05) is 0 Å². The Morgan fingerprint density at radius 2 is 1.05 bits per heavy atom. The van der Waals surface area contributed by atoms with E-state index in [1.165, 1.54) is 5.56 Å². The predicted octanol–water partition coefficient (Wildman–Crippen LogP) is 6.16. The Morgan fingerprint density at radius 3 is 1.35 bits per heavy atom. The van der Waals surface area contributed by atoms with Gasteiger partial charge in [0.25, 0.3) is 0 Å². The van der Waals surface area contributed by atoms with E-state index in [4.69, 9.17) is 0 Å². The van der Waals surface area contributed by atoms with Crippen LogP contribution in [-0.4, -0.2) is 0 Å². The molecular formula is C20H34. The second kappa shape index (κ2) is 6.78. The van der Waals surface area contributed by atoms with Gasteiger partial charge in [-0.05, 0) is 35.2 Å². The van der Waals surface area contributed by atoms with E-state index in [-0.39, 0.29) is 5.41 Å². The molecule has 1 aromatic rings. The minimum atomic E-state index is 0.254. The SMILES string of the molecule is CC(C)C(C(C)C)C(c1ccccc1)(C(C)C)C(C)C. The molecule has 0 saturated heterocycles. The topological polar surface area (TPSA) is 0 Å². The first kappa shape index (κ1) is 17.3. The van der Waals surface area contributed by atoms with Crippen molar-refractivity contribution in [3.63, 3.8) is 0 Å². The lowest BCUT2D eigenvalue weighted by Gasteiger charge is -2.52. The standard InChI is InChI=1S/C20H34/c1-14(2)19(15(3)4)20(16(5)6,17(7)8)18-12-10-9-11-13-18/h9-17,19H,1-8H3. The first-order valence-corrected chi connectivity index (χ1v) is 8.31. The van der Waals surface area contributed by atoms with Crippen LogP contribution in [0.3, 0.4) is 0 Å². The van der Waals surface area contributed by atoms with Crippen LogP contribution in [0.15, 0.2) is 30.3 Å². The fourth-order valence-corrected chi connectivity index (χ4v) is 4.90. The third-order valence-corrected chi connectivity index (χ3v) is 5.17. The minimum absolute atomic E-state index is 0.254. The first-order chi connectivity index (χ1) is 9.26. The maximum atomic E-state index is 2.41. The summed E-state index contributed by atoms with van der Waals surface area (Å²) >= 11 is 0. The van der Waals surface area contributed by atoms with E-state index in [9.17, 15) is 0 Å². The molecule has 0 nitrogen and oxygen atoms in total. The van der Waals surface area contributed by atoms with Crippen LogP contribution in [0.1, 0.15) is 61.0 Å². The molecule has 0 bridgehead atoms. The molecule has 114 valence electrons. The normalized spacial score (nSPS) is 13.2. The van der Waals surface area contributed by atoms with Gasteiger partial charge in [-0.15, -0.1) is 0 Å². The molecule has 0 saturated carbocycles. The van der Waals surface area contributed by atoms with E-state index in [1.54, 1.807) is 0 Å². The van der Waals surface area contributed by atoms with Gasteiger partial charge in [-0.1, -0.05) is 85.7 Å². The molecular weight excluding hydrogens is 240 g/mol. The van der Waals surface area contributed by atoms with Gasteiger partial charge >= 0.3 is 0 Å². The third-order valence-electron chi connectivity index (χ3n) is 5.17.